The molecule has 0 aliphatic carbocycles. The Balaban J connectivity index is -0.0000000257. The zero-order valence-electron chi connectivity index (χ0n) is 4.51. The summed E-state index contributed by atoms with van der Waals surface area (Å²) in [6.07, 6.45) is 0. The third-order valence-corrected chi connectivity index (χ3v) is 0. The average Bonchev–Trinajstić information content (AvgIpc) is 1.70. The van der Waals surface area contributed by atoms with E-state index in [1.54, 1.807) is 0 Å². The second kappa shape index (κ2) is 70.4. The van der Waals surface area contributed by atoms with Crippen LogP contribution in [0.25, 0.3) is 0 Å². The first-order chi connectivity index (χ1) is 4.24. The molecule has 1 radical (unpaired) electrons. The number of nitrogens with zero attached hydrogens (tertiary/aromatic N) is 3. The van der Waals surface area contributed by atoms with E-state index in [2.05, 4.69) is 37.9 Å². The van der Waals surface area contributed by atoms with Crippen molar-refractivity contribution in [1.82, 2.24) is 0 Å². The Morgan fingerprint density at radius 1 is 0.700 bits per heavy atom. The summed E-state index contributed by atoms with van der Waals surface area (Å²) in [6.45, 7) is 0. The molecule has 0 aromatic rings. The molecule has 0 saturated carbocycles. The molecular weight excluding hydrogens is 225 g/mol. The Morgan fingerprint density at radius 3 is 0.700 bits per heavy atom. The van der Waals surface area contributed by atoms with Crippen LogP contribution in [-0.2, 0) is 56.4 Å². The van der Waals surface area contributed by atoms with Crippen molar-refractivity contribution in [2.45, 2.75) is 0 Å². The third kappa shape index (κ3) is 4260. The van der Waals surface area contributed by atoms with E-state index in [0.29, 0.717) is 0 Å². The second-order valence-electron chi connectivity index (χ2n) is 0.274. The van der Waals surface area contributed by atoms with Crippen LogP contribution in [0.15, 0.2) is 0 Å². The minimum Gasteiger partial charge on any atom is -0.696 e. The van der Waals surface area contributed by atoms with Gasteiger partial charge in [0.15, 0.2) is 0 Å². The molecule has 0 bridgehead atoms. The van der Waals surface area contributed by atoms with Gasteiger partial charge in [-0.25, -0.2) is 15.8 Å². The standard InChI is InChI=1S/3CHNS.V/c3*2-1-3;/h3*3H;/p-3. The molecule has 0 aliphatic rings. The van der Waals surface area contributed by atoms with Gasteiger partial charge in [0, 0.05) is 18.6 Å². The minimum absolute atomic E-state index is 0. The van der Waals surface area contributed by atoms with Gasteiger partial charge in [0.05, 0.1) is 0 Å². The predicted molar refractivity (Wildman–Crippen MR) is 38.9 cm³/mol. The molecule has 0 N–H and O–H groups in total. The van der Waals surface area contributed by atoms with E-state index in [1.165, 1.54) is 16.2 Å². The zero-order valence-corrected chi connectivity index (χ0v) is 8.36. The fraction of sp³-hybridized carbons (Fsp3) is 0. The molecule has 3 nitrogen and oxygen atoms in total. The van der Waals surface area contributed by atoms with Gasteiger partial charge in [-0.3, -0.25) is 0 Å². The van der Waals surface area contributed by atoms with E-state index in [9.17, 15) is 0 Å². The largest absolute Gasteiger partial charge is 0.696 e. The molecule has 0 unspecified atom stereocenters. The van der Waals surface area contributed by atoms with Gasteiger partial charge in [-0.2, -0.15) is 0 Å². The second-order valence-corrected chi connectivity index (χ2v) is 0.822. The monoisotopic (exact) mass is 225 g/mol. The van der Waals surface area contributed by atoms with Crippen molar-refractivity contribution < 1.29 is 18.6 Å². The summed E-state index contributed by atoms with van der Waals surface area (Å²) in [4.78, 5) is 0. The minimum atomic E-state index is 0. The SMILES string of the molecule is N#C[S-].N#C[S-].N#C[S-].[V]. The summed E-state index contributed by atoms with van der Waals surface area (Å²) in [5.41, 5.74) is 0. The summed E-state index contributed by atoms with van der Waals surface area (Å²) in [5, 5.41) is 25.4. The zero-order chi connectivity index (χ0) is 8.12. The number of hydrogen-bond acceptors (Lipinski definition) is 6. The summed E-state index contributed by atoms with van der Waals surface area (Å²) < 4.78 is 0. The van der Waals surface area contributed by atoms with Crippen molar-refractivity contribution in [3.05, 3.63) is 0 Å². The molecule has 10 heavy (non-hydrogen) atoms. The summed E-state index contributed by atoms with van der Waals surface area (Å²) in [7, 11) is 0. The maximum Gasteiger partial charge on any atom is 0 e. The van der Waals surface area contributed by atoms with Gasteiger partial charge in [0.1, 0.15) is 0 Å². The number of hydrogen-bond donors (Lipinski definition) is 0. The predicted octanol–water partition coefficient (Wildman–Crippen LogP) is 0.0406. The van der Waals surface area contributed by atoms with Crippen molar-refractivity contribution in [3.63, 3.8) is 0 Å². The first-order valence-corrected chi connectivity index (χ1v) is 2.51. The van der Waals surface area contributed by atoms with E-state index < -0.39 is 0 Å². The molecule has 0 aliphatic heterocycles. The molecule has 7 heteroatoms. The van der Waals surface area contributed by atoms with Gasteiger partial charge in [-0.15, -0.1) is 0 Å². The molecule has 0 heterocycles. The maximum atomic E-state index is 7.13. The summed E-state index contributed by atoms with van der Waals surface area (Å²) >= 11 is 11.1. The van der Waals surface area contributed by atoms with Crippen molar-refractivity contribution in [3.8, 4) is 16.2 Å². The van der Waals surface area contributed by atoms with Gasteiger partial charge in [0.25, 0.3) is 0 Å². The Bertz CT molecular complexity index is 112. The molecule has 0 spiro atoms. The molecule has 0 saturated heterocycles. The van der Waals surface area contributed by atoms with E-state index >= 15 is 0 Å². The topological polar surface area (TPSA) is 71.4 Å². The Hall–Kier alpha value is -0.286. The molecule has 0 aromatic carbocycles. The van der Waals surface area contributed by atoms with Crippen LogP contribution in [0.3, 0.4) is 0 Å². The molecule has 0 atom stereocenters. The first kappa shape index (κ1) is 22.6. The van der Waals surface area contributed by atoms with Crippen LogP contribution in [0.4, 0.5) is 0 Å². The average molecular weight is 225 g/mol. The van der Waals surface area contributed by atoms with Crippen LogP contribution < -0.4 is 0 Å². The smallest absolute Gasteiger partial charge is 0 e. The van der Waals surface area contributed by atoms with Crippen molar-refractivity contribution in [1.29, 1.82) is 15.8 Å². The third-order valence-electron chi connectivity index (χ3n) is 0. The van der Waals surface area contributed by atoms with Crippen molar-refractivity contribution in [2.75, 3.05) is 0 Å². The van der Waals surface area contributed by atoms with E-state index in [4.69, 9.17) is 15.8 Å². The van der Waals surface area contributed by atoms with Gasteiger partial charge in [-0.05, 0) is 0 Å². The molecule has 0 amide bonds. The van der Waals surface area contributed by atoms with Gasteiger partial charge in [0.2, 0.25) is 0 Å². The van der Waals surface area contributed by atoms with Crippen LogP contribution in [0.1, 0.15) is 0 Å². The Kier molecular flexibility index (Phi) is 159. The van der Waals surface area contributed by atoms with Crippen molar-refractivity contribution in [2.24, 2.45) is 0 Å². The van der Waals surface area contributed by atoms with Crippen LogP contribution in [0.2, 0.25) is 0 Å². The number of rotatable bonds is 0. The van der Waals surface area contributed by atoms with Gasteiger partial charge < -0.3 is 37.9 Å². The van der Waals surface area contributed by atoms with Gasteiger partial charge in [-0.1, -0.05) is 16.2 Å². The van der Waals surface area contributed by atoms with Crippen LogP contribution in [-0.4, -0.2) is 0 Å². The molecule has 0 rings (SSSR count). The number of nitriles is 3. The fourth-order valence-electron chi connectivity index (χ4n) is 0. The fourth-order valence-corrected chi connectivity index (χ4v) is 0. The first-order valence-electron chi connectivity index (χ1n) is 1.28. The Morgan fingerprint density at radius 2 is 0.700 bits per heavy atom. The molecular formula is C3N3S3V-3. The van der Waals surface area contributed by atoms with E-state index in [-0.39, 0.29) is 18.6 Å². The maximum absolute atomic E-state index is 7.13. The molecule has 0 fully saturated rings. The normalized spacial score (nSPS) is 2.10. The Labute approximate surface area is 88.1 Å². The van der Waals surface area contributed by atoms with Crippen LogP contribution in [0, 0.1) is 32.0 Å². The molecule has 53 valence electrons. The van der Waals surface area contributed by atoms with Crippen LogP contribution >= 0.6 is 0 Å². The number of thiocyanates is 3. The quantitative estimate of drug-likeness (QED) is 0.428. The molecule has 0 aromatic heterocycles. The van der Waals surface area contributed by atoms with E-state index in [0.717, 1.165) is 0 Å². The van der Waals surface area contributed by atoms with E-state index in [1.807, 2.05) is 0 Å². The van der Waals surface area contributed by atoms with Gasteiger partial charge >= 0.3 is 0 Å². The van der Waals surface area contributed by atoms with Crippen LogP contribution in [0.5, 0.6) is 0 Å². The van der Waals surface area contributed by atoms with Crippen molar-refractivity contribution >= 4 is 37.9 Å². The summed E-state index contributed by atoms with van der Waals surface area (Å²) in [6, 6.07) is 0. The summed E-state index contributed by atoms with van der Waals surface area (Å²) in [5.74, 6) is 0.